The summed E-state index contributed by atoms with van der Waals surface area (Å²) in [7, 11) is 0. The van der Waals surface area contributed by atoms with Crippen LogP contribution in [-0.4, -0.2) is 11.5 Å². The van der Waals surface area contributed by atoms with E-state index in [2.05, 4.69) is 12.2 Å². The Morgan fingerprint density at radius 3 is 2.72 bits per heavy atom. The second kappa shape index (κ2) is 4.92. The van der Waals surface area contributed by atoms with Crippen LogP contribution in [0, 0.1) is 21.3 Å². The highest BCUT2D eigenvalue weighted by Gasteiger charge is 2.35. The topological polar surface area (TPSA) is 55.2 Å². The lowest BCUT2D eigenvalue weighted by Gasteiger charge is -2.41. The first-order valence-electron chi connectivity index (χ1n) is 6.25. The van der Waals surface area contributed by atoms with Crippen molar-refractivity contribution in [2.45, 2.75) is 32.6 Å². The molecule has 0 bridgehead atoms. The van der Waals surface area contributed by atoms with Gasteiger partial charge in [0, 0.05) is 6.54 Å². The lowest BCUT2D eigenvalue weighted by atomic mass is 9.67. The number of halogens is 1. The molecule has 0 radical (unpaired) electrons. The molecule has 0 spiro atoms. The zero-order chi connectivity index (χ0) is 13.2. The van der Waals surface area contributed by atoms with Gasteiger partial charge >= 0.3 is 5.69 Å². The van der Waals surface area contributed by atoms with Gasteiger partial charge in [0.1, 0.15) is 5.69 Å². The molecule has 0 atom stereocenters. The van der Waals surface area contributed by atoms with Gasteiger partial charge in [-0.25, -0.2) is 0 Å². The lowest BCUT2D eigenvalue weighted by molar-refractivity contribution is -0.386. The molecule has 1 aliphatic carbocycles. The van der Waals surface area contributed by atoms with Crippen LogP contribution in [0.2, 0.25) is 0 Å². The van der Waals surface area contributed by atoms with Gasteiger partial charge < -0.3 is 5.32 Å². The van der Waals surface area contributed by atoms with Crippen LogP contribution in [-0.2, 0) is 0 Å². The number of nitro groups is 1. The minimum absolute atomic E-state index is 0.236. The molecule has 4 nitrogen and oxygen atoms in total. The molecule has 1 saturated carbocycles. The van der Waals surface area contributed by atoms with Crippen molar-refractivity contribution in [3.8, 4) is 0 Å². The molecule has 0 unspecified atom stereocenters. The number of para-hydroxylation sites is 1. The van der Waals surface area contributed by atoms with Gasteiger partial charge in [0.25, 0.3) is 0 Å². The van der Waals surface area contributed by atoms with E-state index in [1.54, 1.807) is 6.07 Å². The lowest BCUT2D eigenvalue weighted by Crippen LogP contribution is -2.36. The van der Waals surface area contributed by atoms with Crippen LogP contribution in [0.1, 0.15) is 32.6 Å². The minimum Gasteiger partial charge on any atom is -0.379 e. The summed E-state index contributed by atoms with van der Waals surface area (Å²) < 4.78 is 13.4. The average molecular weight is 252 g/mol. The van der Waals surface area contributed by atoms with Gasteiger partial charge in [-0.3, -0.25) is 10.1 Å². The summed E-state index contributed by atoms with van der Waals surface area (Å²) in [5.41, 5.74) is 0.0583. The van der Waals surface area contributed by atoms with E-state index in [1.807, 2.05) is 0 Å². The predicted octanol–water partition coefficient (Wildman–Crippen LogP) is 3.73. The largest absolute Gasteiger partial charge is 0.379 e. The molecule has 1 aromatic carbocycles. The van der Waals surface area contributed by atoms with Crippen LogP contribution in [0.15, 0.2) is 18.2 Å². The SMILES string of the molecule is CCC1(CNc2cccc(F)c2[N+](=O)[O-])CCC1. The third kappa shape index (κ3) is 2.30. The number of hydrogen-bond acceptors (Lipinski definition) is 3. The van der Waals surface area contributed by atoms with Crippen LogP contribution in [0.3, 0.4) is 0 Å². The van der Waals surface area contributed by atoms with Crippen LogP contribution in [0.4, 0.5) is 15.8 Å². The van der Waals surface area contributed by atoms with Gasteiger partial charge in [0.15, 0.2) is 0 Å². The normalized spacial score (nSPS) is 17.0. The molecule has 1 aliphatic rings. The molecule has 1 fully saturated rings. The van der Waals surface area contributed by atoms with Crippen molar-refractivity contribution in [2.75, 3.05) is 11.9 Å². The second-order valence-electron chi connectivity index (χ2n) is 4.95. The highest BCUT2D eigenvalue weighted by atomic mass is 19.1. The first-order valence-corrected chi connectivity index (χ1v) is 6.25. The summed E-state index contributed by atoms with van der Waals surface area (Å²) >= 11 is 0. The van der Waals surface area contributed by atoms with E-state index in [4.69, 9.17) is 0 Å². The summed E-state index contributed by atoms with van der Waals surface area (Å²) in [6, 6.07) is 4.16. The van der Waals surface area contributed by atoms with Crippen molar-refractivity contribution in [3.63, 3.8) is 0 Å². The Balaban J connectivity index is 2.14. The molecule has 5 heteroatoms. The van der Waals surface area contributed by atoms with Crippen LogP contribution >= 0.6 is 0 Å². The number of nitrogens with zero attached hydrogens (tertiary/aromatic N) is 1. The van der Waals surface area contributed by atoms with E-state index in [9.17, 15) is 14.5 Å². The first kappa shape index (κ1) is 12.8. The van der Waals surface area contributed by atoms with Gasteiger partial charge in [-0.15, -0.1) is 0 Å². The van der Waals surface area contributed by atoms with E-state index in [0.717, 1.165) is 25.3 Å². The Morgan fingerprint density at radius 2 is 2.22 bits per heavy atom. The fourth-order valence-electron chi connectivity index (χ4n) is 2.46. The Labute approximate surface area is 105 Å². The minimum atomic E-state index is -0.788. The molecule has 0 saturated heterocycles. The number of nitrogens with one attached hydrogen (secondary N) is 1. The molecule has 98 valence electrons. The van der Waals surface area contributed by atoms with Crippen LogP contribution in [0.25, 0.3) is 0 Å². The van der Waals surface area contributed by atoms with Crippen molar-refractivity contribution >= 4 is 11.4 Å². The smallest absolute Gasteiger partial charge is 0.327 e. The average Bonchev–Trinajstić information content (AvgIpc) is 2.27. The van der Waals surface area contributed by atoms with Gasteiger partial charge in [-0.1, -0.05) is 19.4 Å². The highest BCUT2D eigenvalue weighted by Crippen LogP contribution is 2.44. The fourth-order valence-corrected chi connectivity index (χ4v) is 2.46. The Bertz CT molecular complexity index is 453. The number of rotatable bonds is 5. The molecular weight excluding hydrogens is 235 g/mol. The highest BCUT2D eigenvalue weighted by molar-refractivity contribution is 5.62. The maximum Gasteiger partial charge on any atom is 0.327 e. The maximum absolute atomic E-state index is 13.4. The maximum atomic E-state index is 13.4. The quantitative estimate of drug-likeness (QED) is 0.641. The van der Waals surface area contributed by atoms with Crippen molar-refractivity contribution in [3.05, 3.63) is 34.1 Å². The fraction of sp³-hybridized carbons (Fsp3) is 0.538. The van der Waals surface area contributed by atoms with Gasteiger partial charge in [-0.2, -0.15) is 4.39 Å². The third-order valence-corrected chi connectivity index (χ3v) is 3.99. The number of benzene rings is 1. The summed E-state index contributed by atoms with van der Waals surface area (Å²) in [4.78, 5) is 10.2. The molecule has 1 aromatic rings. The van der Waals surface area contributed by atoms with Crippen LogP contribution < -0.4 is 5.32 Å². The number of anilines is 1. The second-order valence-corrected chi connectivity index (χ2v) is 4.95. The molecular formula is C13H17FN2O2. The van der Waals surface area contributed by atoms with E-state index in [-0.39, 0.29) is 11.1 Å². The molecule has 0 amide bonds. The summed E-state index contributed by atoms with van der Waals surface area (Å²) in [6.45, 7) is 2.80. The molecule has 1 N–H and O–H groups in total. The summed E-state index contributed by atoms with van der Waals surface area (Å²) in [5.74, 6) is -0.788. The van der Waals surface area contributed by atoms with E-state index in [1.165, 1.54) is 12.5 Å². The van der Waals surface area contributed by atoms with Crippen molar-refractivity contribution in [1.29, 1.82) is 0 Å². The van der Waals surface area contributed by atoms with E-state index < -0.39 is 16.4 Å². The van der Waals surface area contributed by atoms with Crippen molar-refractivity contribution in [1.82, 2.24) is 0 Å². The van der Waals surface area contributed by atoms with Gasteiger partial charge in [0.2, 0.25) is 5.82 Å². The van der Waals surface area contributed by atoms with Gasteiger partial charge in [-0.05, 0) is 36.8 Å². The van der Waals surface area contributed by atoms with Crippen LogP contribution in [0.5, 0.6) is 0 Å². The molecule has 2 rings (SSSR count). The standard InChI is InChI=1S/C13H17FN2O2/c1-2-13(7-4-8-13)9-15-11-6-3-5-10(14)12(11)16(17)18/h3,5-6,15H,2,4,7-9H2,1H3. The summed E-state index contributed by atoms with van der Waals surface area (Å²) in [5, 5.41) is 13.9. The zero-order valence-corrected chi connectivity index (χ0v) is 10.4. The van der Waals surface area contributed by atoms with Crippen molar-refractivity contribution in [2.24, 2.45) is 5.41 Å². The first-order chi connectivity index (χ1) is 8.58. The van der Waals surface area contributed by atoms with Gasteiger partial charge in [0.05, 0.1) is 4.92 Å². The monoisotopic (exact) mass is 252 g/mol. The third-order valence-electron chi connectivity index (χ3n) is 3.99. The molecule has 0 heterocycles. The Morgan fingerprint density at radius 1 is 1.50 bits per heavy atom. The van der Waals surface area contributed by atoms with Crippen molar-refractivity contribution < 1.29 is 9.31 Å². The molecule has 0 aliphatic heterocycles. The Hall–Kier alpha value is -1.65. The molecule has 18 heavy (non-hydrogen) atoms. The Kier molecular flexibility index (Phi) is 3.50. The van der Waals surface area contributed by atoms with E-state index >= 15 is 0 Å². The zero-order valence-electron chi connectivity index (χ0n) is 10.4. The predicted molar refractivity (Wildman–Crippen MR) is 68.1 cm³/mol. The van der Waals surface area contributed by atoms with E-state index in [0.29, 0.717) is 6.54 Å². The number of hydrogen-bond donors (Lipinski definition) is 1. The summed E-state index contributed by atoms with van der Waals surface area (Å²) in [6.07, 6.45) is 4.53. The molecule has 0 aromatic heterocycles. The number of nitro benzene ring substituents is 1.